The van der Waals surface area contributed by atoms with E-state index in [2.05, 4.69) is 15.3 Å². The van der Waals surface area contributed by atoms with Crippen molar-refractivity contribution < 1.29 is 9.84 Å². The van der Waals surface area contributed by atoms with Crippen molar-refractivity contribution in [2.24, 2.45) is 0 Å². The van der Waals surface area contributed by atoms with E-state index in [1.165, 1.54) is 0 Å². The lowest BCUT2D eigenvalue weighted by Gasteiger charge is -2.24. The lowest BCUT2D eigenvalue weighted by molar-refractivity contribution is 0.0904. The first-order chi connectivity index (χ1) is 10.8. The molecule has 6 nitrogen and oxygen atoms in total. The zero-order chi connectivity index (χ0) is 15.4. The van der Waals surface area contributed by atoms with Crippen LogP contribution in [-0.4, -0.2) is 34.3 Å². The smallest absolute Gasteiger partial charge is 0.169 e. The highest BCUT2D eigenvalue weighted by molar-refractivity contribution is 5.68. The van der Waals surface area contributed by atoms with E-state index in [0.717, 1.165) is 37.2 Å². The van der Waals surface area contributed by atoms with Crippen molar-refractivity contribution in [3.63, 3.8) is 0 Å². The fourth-order valence-corrected chi connectivity index (χ4v) is 2.58. The summed E-state index contributed by atoms with van der Waals surface area (Å²) in [6.45, 7) is 1.46. The van der Waals surface area contributed by atoms with Crippen LogP contribution in [0, 0.1) is 0 Å². The second-order valence-electron chi connectivity index (χ2n) is 5.34. The number of aliphatic hydroxyl groups excluding tert-OH is 1. The third kappa shape index (κ3) is 3.18. The van der Waals surface area contributed by atoms with Crippen LogP contribution >= 0.6 is 0 Å². The highest BCUT2D eigenvalue weighted by atomic mass is 16.5. The molecule has 6 heteroatoms. The van der Waals surface area contributed by atoms with Gasteiger partial charge < -0.3 is 20.9 Å². The molecule has 0 saturated carbocycles. The number of nitrogen functional groups attached to an aromatic ring is 1. The minimum Gasteiger partial charge on any atom is -0.392 e. The van der Waals surface area contributed by atoms with E-state index >= 15 is 0 Å². The molecule has 0 spiro atoms. The number of benzene rings is 1. The number of ether oxygens (including phenoxy) is 1. The number of nitrogens with one attached hydrogen (secondary N) is 1. The number of hydrogen-bond donors (Lipinski definition) is 3. The lowest BCUT2D eigenvalue weighted by atomic mass is 10.1. The predicted molar refractivity (Wildman–Crippen MR) is 85.3 cm³/mol. The van der Waals surface area contributed by atoms with Crippen molar-refractivity contribution in [2.45, 2.75) is 25.5 Å². The van der Waals surface area contributed by atoms with Gasteiger partial charge in [0.15, 0.2) is 11.6 Å². The van der Waals surface area contributed by atoms with Crippen LogP contribution in [-0.2, 0) is 11.3 Å². The Bertz CT molecular complexity index is 642. The largest absolute Gasteiger partial charge is 0.392 e. The highest BCUT2D eigenvalue weighted by Gasteiger charge is 2.16. The molecule has 0 unspecified atom stereocenters. The van der Waals surface area contributed by atoms with Gasteiger partial charge in [0.2, 0.25) is 0 Å². The predicted octanol–water partition coefficient (Wildman–Crippen LogP) is 1.81. The fraction of sp³-hybridized carbons (Fsp3) is 0.375. The molecular weight excluding hydrogens is 280 g/mol. The molecule has 22 heavy (non-hydrogen) atoms. The number of aliphatic hydroxyl groups is 1. The van der Waals surface area contributed by atoms with Gasteiger partial charge in [-0.05, 0) is 18.4 Å². The Hall–Kier alpha value is -2.18. The monoisotopic (exact) mass is 300 g/mol. The summed E-state index contributed by atoms with van der Waals surface area (Å²) in [5.74, 6) is 0.980. The first kappa shape index (κ1) is 14.7. The van der Waals surface area contributed by atoms with Gasteiger partial charge in [0.1, 0.15) is 0 Å². The molecule has 1 aromatic heterocycles. The number of rotatable bonds is 4. The molecule has 1 aliphatic rings. The summed E-state index contributed by atoms with van der Waals surface area (Å²) < 4.78 is 5.36. The van der Waals surface area contributed by atoms with E-state index < -0.39 is 0 Å². The molecule has 116 valence electrons. The van der Waals surface area contributed by atoms with Gasteiger partial charge in [-0.3, -0.25) is 0 Å². The van der Waals surface area contributed by atoms with Crippen molar-refractivity contribution in [3.8, 4) is 11.3 Å². The van der Waals surface area contributed by atoms with E-state index in [1.54, 1.807) is 6.20 Å². The van der Waals surface area contributed by atoms with E-state index in [9.17, 15) is 5.11 Å². The Morgan fingerprint density at radius 1 is 1.27 bits per heavy atom. The van der Waals surface area contributed by atoms with Crippen LogP contribution in [0.1, 0.15) is 18.4 Å². The van der Waals surface area contributed by atoms with Crippen LogP contribution in [0.4, 0.5) is 11.6 Å². The van der Waals surface area contributed by atoms with Crippen molar-refractivity contribution in [3.05, 3.63) is 36.0 Å². The van der Waals surface area contributed by atoms with Crippen LogP contribution in [0.15, 0.2) is 30.5 Å². The number of nitrogens with zero attached hydrogens (tertiary/aromatic N) is 2. The van der Waals surface area contributed by atoms with Crippen LogP contribution in [0.5, 0.6) is 0 Å². The summed E-state index contributed by atoms with van der Waals surface area (Å²) in [6, 6.07) is 7.90. The first-order valence-electron chi connectivity index (χ1n) is 7.44. The van der Waals surface area contributed by atoms with E-state index in [4.69, 9.17) is 10.5 Å². The lowest BCUT2D eigenvalue weighted by Crippen LogP contribution is -2.28. The van der Waals surface area contributed by atoms with Crippen LogP contribution in [0.2, 0.25) is 0 Å². The Kier molecular flexibility index (Phi) is 4.50. The summed E-state index contributed by atoms with van der Waals surface area (Å²) in [4.78, 5) is 8.83. The Morgan fingerprint density at radius 2 is 2.05 bits per heavy atom. The number of hydrogen-bond acceptors (Lipinski definition) is 6. The number of nitrogens with two attached hydrogens (primary N) is 1. The molecule has 0 atom stereocenters. The third-order valence-electron chi connectivity index (χ3n) is 3.83. The van der Waals surface area contributed by atoms with Gasteiger partial charge in [-0.1, -0.05) is 24.3 Å². The van der Waals surface area contributed by atoms with Crippen LogP contribution in [0.3, 0.4) is 0 Å². The molecule has 1 aliphatic heterocycles. The first-order valence-corrected chi connectivity index (χ1v) is 7.44. The Balaban J connectivity index is 1.88. The molecule has 0 bridgehead atoms. The number of aromatic nitrogens is 2. The third-order valence-corrected chi connectivity index (χ3v) is 3.83. The highest BCUT2D eigenvalue weighted by Crippen LogP contribution is 2.25. The van der Waals surface area contributed by atoms with Crippen molar-refractivity contribution in [1.82, 2.24) is 9.97 Å². The molecular formula is C16H20N4O2. The summed E-state index contributed by atoms with van der Waals surface area (Å²) in [6.07, 6.45) is 3.50. The summed E-state index contributed by atoms with van der Waals surface area (Å²) in [5, 5.41) is 12.8. The normalized spacial score (nSPS) is 15.7. The molecule has 4 N–H and O–H groups in total. The zero-order valence-electron chi connectivity index (χ0n) is 12.3. The summed E-state index contributed by atoms with van der Waals surface area (Å²) >= 11 is 0. The Labute approximate surface area is 129 Å². The van der Waals surface area contributed by atoms with Crippen LogP contribution in [0.25, 0.3) is 11.3 Å². The average molecular weight is 300 g/mol. The van der Waals surface area contributed by atoms with Gasteiger partial charge in [0.05, 0.1) is 18.5 Å². The minimum atomic E-state index is -0.0368. The van der Waals surface area contributed by atoms with Crippen molar-refractivity contribution in [1.29, 1.82) is 0 Å². The SMILES string of the molecule is Nc1ncc(-c2ccccc2CO)nc1NC1CCOCC1. The summed E-state index contributed by atoms with van der Waals surface area (Å²) in [5.41, 5.74) is 8.33. The van der Waals surface area contributed by atoms with Crippen molar-refractivity contribution >= 4 is 11.6 Å². The van der Waals surface area contributed by atoms with Gasteiger partial charge >= 0.3 is 0 Å². The summed E-state index contributed by atoms with van der Waals surface area (Å²) in [7, 11) is 0. The number of anilines is 2. The molecule has 2 heterocycles. The minimum absolute atomic E-state index is 0.0368. The standard InChI is InChI=1S/C16H20N4O2/c17-15-16(19-12-5-7-22-8-6-12)20-14(9-18-15)13-4-2-1-3-11(13)10-21/h1-4,9,12,21H,5-8,10H2,(H2,17,18)(H,19,20). The maximum absolute atomic E-state index is 9.46. The molecule has 2 aromatic rings. The van der Waals surface area contributed by atoms with Crippen LogP contribution < -0.4 is 11.1 Å². The molecule has 1 fully saturated rings. The second kappa shape index (κ2) is 6.72. The Morgan fingerprint density at radius 3 is 2.82 bits per heavy atom. The topological polar surface area (TPSA) is 93.3 Å². The quantitative estimate of drug-likeness (QED) is 0.797. The zero-order valence-corrected chi connectivity index (χ0v) is 12.3. The molecule has 0 aliphatic carbocycles. The van der Waals surface area contributed by atoms with Gasteiger partial charge in [-0.15, -0.1) is 0 Å². The van der Waals surface area contributed by atoms with E-state index in [0.29, 0.717) is 23.4 Å². The molecule has 1 aromatic carbocycles. The van der Waals surface area contributed by atoms with Gasteiger partial charge in [0.25, 0.3) is 0 Å². The maximum atomic E-state index is 9.46. The van der Waals surface area contributed by atoms with E-state index in [-0.39, 0.29) is 6.61 Å². The molecule has 0 radical (unpaired) electrons. The van der Waals surface area contributed by atoms with Gasteiger partial charge in [-0.25, -0.2) is 9.97 Å². The average Bonchev–Trinajstić information content (AvgIpc) is 2.58. The second-order valence-corrected chi connectivity index (χ2v) is 5.34. The molecule has 1 saturated heterocycles. The molecule has 3 rings (SSSR count). The van der Waals surface area contributed by atoms with Gasteiger partial charge in [-0.2, -0.15) is 0 Å². The maximum Gasteiger partial charge on any atom is 0.169 e. The van der Waals surface area contributed by atoms with E-state index in [1.807, 2.05) is 24.3 Å². The fourth-order valence-electron chi connectivity index (χ4n) is 2.58. The van der Waals surface area contributed by atoms with Gasteiger partial charge in [0, 0.05) is 24.8 Å². The molecule has 0 amide bonds. The van der Waals surface area contributed by atoms with Crippen molar-refractivity contribution in [2.75, 3.05) is 24.3 Å².